The van der Waals surface area contributed by atoms with Crippen LogP contribution in [0.3, 0.4) is 0 Å². The van der Waals surface area contributed by atoms with E-state index in [4.69, 9.17) is 27.9 Å². The third-order valence-corrected chi connectivity index (χ3v) is 3.62. The summed E-state index contributed by atoms with van der Waals surface area (Å²) < 4.78 is 34.3. The maximum absolute atomic E-state index is 12.2. The number of nitrogens with one attached hydrogen (secondary N) is 1. The molecule has 1 aliphatic heterocycles. The molecule has 0 saturated carbocycles. The number of alkyl halides is 2. The van der Waals surface area contributed by atoms with Crippen LogP contribution in [0, 0.1) is 0 Å². The monoisotopic (exact) mass is 325 g/mol. The van der Waals surface area contributed by atoms with Crippen molar-refractivity contribution >= 4 is 28.9 Å². The molecule has 20 heavy (non-hydrogen) atoms. The van der Waals surface area contributed by atoms with Crippen molar-refractivity contribution < 1.29 is 18.3 Å². The van der Waals surface area contributed by atoms with Crippen molar-refractivity contribution in [3.63, 3.8) is 0 Å². The molecular formula is C13H15Cl2F2NO2. The van der Waals surface area contributed by atoms with Gasteiger partial charge in [0.05, 0.1) is 22.3 Å². The number of rotatable bonds is 5. The summed E-state index contributed by atoms with van der Waals surface area (Å²) in [7, 11) is 0. The Balaban J connectivity index is 1.99. The van der Waals surface area contributed by atoms with Crippen LogP contribution < -0.4 is 10.1 Å². The van der Waals surface area contributed by atoms with Crippen molar-refractivity contribution in [2.75, 3.05) is 11.9 Å². The fourth-order valence-corrected chi connectivity index (χ4v) is 2.71. The maximum Gasteiger partial charge on any atom is 0.387 e. The normalized spacial score (nSPS) is 22.3. The van der Waals surface area contributed by atoms with Crippen LogP contribution in [-0.4, -0.2) is 25.4 Å². The van der Waals surface area contributed by atoms with Gasteiger partial charge in [0, 0.05) is 12.2 Å². The minimum absolute atomic E-state index is 0.0426. The molecule has 1 aliphatic rings. The van der Waals surface area contributed by atoms with E-state index in [2.05, 4.69) is 10.1 Å². The molecule has 112 valence electrons. The SMILES string of the molecule is CC1CCC(CNc2cc(Cl)c(OC(F)F)c(Cl)c2)O1. The predicted octanol–water partition coefficient (Wildman–Crippen LogP) is 4.57. The second-order valence-corrected chi connectivity index (χ2v) is 5.49. The standard InChI is InChI=1S/C13H15Cl2F2NO2/c1-7-2-3-9(19-7)6-18-8-4-10(14)12(11(15)5-8)20-13(16)17/h4-5,7,9,13,18H,2-3,6H2,1H3. The van der Waals surface area contributed by atoms with Crippen LogP contribution in [0.5, 0.6) is 5.75 Å². The van der Waals surface area contributed by atoms with E-state index in [0.29, 0.717) is 12.2 Å². The zero-order valence-electron chi connectivity index (χ0n) is 10.8. The summed E-state index contributed by atoms with van der Waals surface area (Å²) in [6.45, 7) is -0.312. The third kappa shape index (κ3) is 4.11. The van der Waals surface area contributed by atoms with Gasteiger partial charge in [-0.1, -0.05) is 23.2 Å². The summed E-state index contributed by atoms with van der Waals surface area (Å²) in [4.78, 5) is 0. The van der Waals surface area contributed by atoms with E-state index >= 15 is 0 Å². The van der Waals surface area contributed by atoms with Gasteiger partial charge in [-0.15, -0.1) is 0 Å². The van der Waals surface area contributed by atoms with Crippen molar-refractivity contribution in [3.8, 4) is 5.75 Å². The fraction of sp³-hybridized carbons (Fsp3) is 0.538. The van der Waals surface area contributed by atoms with Gasteiger partial charge in [-0.3, -0.25) is 0 Å². The molecule has 2 atom stereocenters. The van der Waals surface area contributed by atoms with Crippen LogP contribution in [0.15, 0.2) is 12.1 Å². The first-order chi connectivity index (χ1) is 9.45. The van der Waals surface area contributed by atoms with Crippen molar-refractivity contribution in [2.24, 2.45) is 0 Å². The summed E-state index contributed by atoms with van der Waals surface area (Å²) in [5, 5.41) is 3.22. The van der Waals surface area contributed by atoms with Crippen LogP contribution in [0.25, 0.3) is 0 Å². The van der Waals surface area contributed by atoms with Crippen molar-refractivity contribution in [2.45, 2.75) is 38.6 Å². The van der Waals surface area contributed by atoms with Crippen LogP contribution >= 0.6 is 23.2 Å². The van der Waals surface area contributed by atoms with Gasteiger partial charge in [-0.2, -0.15) is 8.78 Å². The first-order valence-corrected chi connectivity index (χ1v) is 7.04. The Kier molecular flexibility index (Phi) is 5.29. The Morgan fingerprint density at radius 2 is 2.00 bits per heavy atom. The van der Waals surface area contributed by atoms with E-state index < -0.39 is 6.61 Å². The molecule has 1 saturated heterocycles. The second-order valence-electron chi connectivity index (χ2n) is 4.67. The van der Waals surface area contributed by atoms with Crippen LogP contribution in [0.1, 0.15) is 19.8 Å². The Morgan fingerprint density at radius 1 is 1.35 bits per heavy atom. The lowest BCUT2D eigenvalue weighted by molar-refractivity contribution is -0.0497. The van der Waals surface area contributed by atoms with Crippen molar-refractivity contribution in [1.82, 2.24) is 0 Å². The molecule has 0 radical (unpaired) electrons. The molecule has 2 rings (SSSR count). The van der Waals surface area contributed by atoms with Crippen LogP contribution in [0.4, 0.5) is 14.5 Å². The molecule has 0 spiro atoms. The lowest BCUT2D eigenvalue weighted by Gasteiger charge is -2.15. The molecule has 2 unspecified atom stereocenters. The van der Waals surface area contributed by atoms with Gasteiger partial charge in [0.15, 0.2) is 5.75 Å². The number of hydrogen-bond donors (Lipinski definition) is 1. The van der Waals surface area contributed by atoms with Crippen molar-refractivity contribution in [3.05, 3.63) is 22.2 Å². The molecule has 1 aromatic carbocycles. The second kappa shape index (κ2) is 6.78. The lowest BCUT2D eigenvalue weighted by atomic mass is 10.2. The molecule has 7 heteroatoms. The molecular weight excluding hydrogens is 311 g/mol. The van der Waals surface area contributed by atoms with E-state index in [0.717, 1.165) is 12.8 Å². The minimum atomic E-state index is -2.96. The van der Waals surface area contributed by atoms with Gasteiger partial charge in [-0.05, 0) is 31.9 Å². The number of halogens is 4. The van der Waals surface area contributed by atoms with Crippen molar-refractivity contribution in [1.29, 1.82) is 0 Å². The highest BCUT2D eigenvalue weighted by Crippen LogP contribution is 2.37. The Bertz CT molecular complexity index is 451. The zero-order valence-corrected chi connectivity index (χ0v) is 12.3. The van der Waals surface area contributed by atoms with Gasteiger partial charge < -0.3 is 14.8 Å². The summed E-state index contributed by atoms with van der Waals surface area (Å²) in [6, 6.07) is 3.01. The van der Waals surface area contributed by atoms with E-state index in [9.17, 15) is 8.78 Å². The van der Waals surface area contributed by atoms with Crippen LogP contribution in [-0.2, 0) is 4.74 Å². The molecule has 0 amide bonds. The molecule has 1 aromatic rings. The highest BCUT2D eigenvalue weighted by Gasteiger charge is 2.21. The average Bonchev–Trinajstić information content (AvgIpc) is 2.77. The Morgan fingerprint density at radius 3 is 2.50 bits per heavy atom. The number of benzene rings is 1. The molecule has 0 bridgehead atoms. The quantitative estimate of drug-likeness (QED) is 0.859. The van der Waals surface area contributed by atoms with E-state index in [-0.39, 0.29) is 28.0 Å². The zero-order chi connectivity index (χ0) is 14.7. The average molecular weight is 326 g/mol. The van der Waals surface area contributed by atoms with E-state index in [1.807, 2.05) is 6.92 Å². The molecule has 0 aromatic heterocycles. The highest BCUT2D eigenvalue weighted by molar-refractivity contribution is 6.37. The summed E-state index contributed by atoms with van der Waals surface area (Å²) >= 11 is 11.8. The van der Waals surface area contributed by atoms with Gasteiger partial charge >= 0.3 is 6.61 Å². The fourth-order valence-electron chi connectivity index (χ4n) is 2.13. The number of anilines is 1. The molecule has 0 aliphatic carbocycles. The highest BCUT2D eigenvalue weighted by atomic mass is 35.5. The topological polar surface area (TPSA) is 30.5 Å². The number of ether oxygens (including phenoxy) is 2. The summed E-state index contributed by atoms with van der Waals surface area (Å²) in [5.74, 6) is -0.209. The Hall–Kier alpha value is -0.780. The van der Waals surface area contributed by atoms with Gasteiger partial charge in [-0.25, -0.2) is 0 Å². The number of hydrogen-bond acceptors (Lipinski definition) is 3. The largest absolute Gasteiger partial charge is 0.432 e. The smallest absolute Gasteiger partial charge is 0.387 e. The predicted molar refractivity (Wildman–Crippen MR) is 75.2 cm³/mol. The van der Waals surface area contributed by atoms with Gasteiger partial charge in [0.2, 0.25) is 0 Å². The van der Waals surface area contributed by atoms with E-state index in [1.54, 1.807) is 0 Å². The molecule has 1 heterocycles. The van der Waals surface area contributed by atoms with Gasteiger partial charge in [0.25, 0.3) is 0 Å². The first-order valence-electron chi connectivity index (χ1n) is 6.29. The Labute approximate surface area is 126 Å². The molecule has 1 N–H and O–H groups in total. The third-order valence-electron chi connectivity index (χ3n) is 3.06. The molecule has 3 nitrogen and oxygen atoms in total. The molecule has 1 fully saturated rings. The van der Waals surface area contributed by atoms with Crippen LogP contribution in [0.2, 0.25) is 10.0 Å². The maximum atomic E-state index is 12.2. The summed E-state index contributed by atoms with van der Waals surface area (Å²) in [5.41, 5.74) is 0.643. The first kappa shape index (κ1) is 15.6. The lowest BCUT2D eigenvalue weighted by Crippen LogP contribution is -2.19. The van der Waals surface area contributed by atoms with E-state index in [1.165, 1.54) is 12.1 Å². The van der Waals surface area contributed by atoms with Gasteiger partial charge in [0.1, 0.15) is 0 Å². The minimum Gasteiger partial charge on any atom is -0.432 e. The summed E-state index contributed by atoms with van der Waals surface area (Å²) in [6.07, 6.45) is 2.44.